The largest absolute Gasteiger partial charge is 0.471 e. The molecule has 26 heavy (non-hydrogen) atoms. The molecule has 0 bridgehead atoms. The number of nitrogens with one attached hydrogen (secondary N) is 1. The van der Waals surface area contributed by atoms with Crippen LogP contribution >= 0.6 is 12.2 Å². The molecule has 0 saturated carbocycles. The summed E-state index contributed by atoms with van der Waals surface area (Å²) in [7, 11) is 0. The number of nitrogens with zero attached hydrogens (tertiary/aromatic N) is 1. The van der Waals surface area contributed by atoms with E-state index in [1.807, 2.05) is 6.07 Å². The highest BCUT2D eigenvalue weighted by Crippen LogP contribution is 2.18. The van der Waals surface area contributed by atoms with Crippen molar-refractivity contribution < 1.29 is 14.0 Å². The van der Waals surface area contributed by atoms with E-state index in [2.05, 4.69) is 11.9 Å². The summed E-state index contributed by atoms with van der Waals surface area (Å²) >= 11 is 4.99. The van der Waals surface area contributed by atoms with Gasteiger partial charge >= 0.3 is 0 Å². The molecular formula is C19H14N2O4S. The Morgan fingerprint density at radius 3 is 2.58 bits per heavy atom. The molecule has 1 aromatic heterocycles. The first-order chi connectivity index (χ1) is 12.5. The van der Waals surface area contributed by atoms with Gasteiger partial charge in [-0.3, -0.25) is 24.6 Å². The van der Waals surface area contributed by atoms with Crippen LogP contribution < -0.4 is 10.7 Å². The lowest BCUT2D eigenvalue weighted by molar-refractivity contribution is -0.128. The maximum absolute atomic E-state index is 12.7. The SMILES string of the molecule is C=CCN1C(=O)/C(=C/c2cocc(-c3ccccc3)c2=O)C(=O)NC1=S. The van der Waals surface area contributed by atoms with Crippen LogP contribution in [0.1, 0.15) is 5.56 Å². The summed E-state index contributed by atoms with van der Waals surface area (Å²) in [6, 6.07) is 8.97. The molecule has 0 atom stereocenters. The lowest BCUT2D eigenvalue weighted by Crippen LogP contribution is -2.53. The number of rotatable bonds is 4. The molecule has 0 unspecified atom stereocenters. The van der Waals surface area contributed by atoms with Gasteiger partial charge in [-0.05, 0) is 23.9 Å². The third-order valence-corrected chi connectivity index (χ3v) is 4.09. The van der Waals surface area contributed by atoms with Gasteiger partial charge in [0.2, 0.25) is 0 Å². The van der Waals surface area contributed by atoms with E-state index in [1.165, 1.54) is 29.6 Å². The van der Waals surface area contributed by atoms with Gasteiger partial charge in [0.1, 0.15) is 18.1 Å². The normalized spacial score (nSPS) is 15.9. The van der Waals surface area contributed by atoms with Crippen LogP contribution in [0.2, 0.25) is 0 Å². The number of thiocarbonyl (C=S) groups is 1. The van der Waals surface area contributed by atoms with Crippen molar-refractivity contribution >= 4 is 35.2 Å². The van der Waals surface area contributed by atoms with Gasteiger partial charge in [0.25, 0.3) is 11.8 Å². The standard InChI is InChI=1S/C19H14N2O4S/c1-2-8-21-18(24)14(17(23)20-19(21)26)9-13-10-25-11-15(16(13)22)12-6-4-3-5-7-12/h2-7,9-11H,1,8H2,(H,20,23,26)/b14-9+. The Bertz CT molecular complexity index is 992. The lowest BCUT2D eigenvalue weighted by Gasteiger charge is -2.27. The first kappa shape index (κ1) is 17.5. The number of carbonyl (C=O) groups excluding carboxylic acids is 2. The lowest BCUT2D eigenvalue weighted by atomic mass is 10.0. The Balaban J connectivity index is 2.06. The number of hydrogen-bond donors (Lipinski definition) is 1. The molecule has 0 spiro atoms. The van der Waals surface area contributed by atoms with Crippen molar-refractivity contribution in [2.75, 3.05) is 6.54 Å². The fourth-order valence-electron chi connectivity index (χ4n) is 2.50. The molecule has 1 fully saturated rings. The highest BCUT2D eigenvalue weighted by molar-refractivity contribution is 7.80. The summed E-state index contributed by atoms with van der Waals surface area (Å²) in [4.78, 5) is 38.6. The van der Waals surface area contributed by atoms with E-state index in [9.17, 15) is 14.4 Å². The third kappa shape index (κ3) is 3.25. The number of hydrogen-bond acceptors (Lipinski definition) is 5. The van der Waals surface area contributed by atoms with E-state index in [0.717, 1.165) is 0 Å². The highest BCUT2D eigenvalue weighted by atomic mass is 32.1. The van der Waals surface area contributed by atoms with Crippen LogP contribution in [0.5, 0.6) is 0 Å². The minimum absolute atomic E-state index is 0.00196. The minimum atomic E-state index is -0.662. The molecule has 2 aromatic rings. The van der Waals surface area contributed by atoms with Gasteiger partial charge in [0, 0.05) is 6.54 Å². The van der Waals surface area contributed by atoms with Crippen molar-refractivity contribution in [2.24, 2.45) is 0 Å². The van der Waals surface area contributed by atoms with Crippen LogP contribution in [0.25, 0.3) is 17.2 Å². The van der Waals surface area contributed by atoms with Gasteiger partial charge in [-0.2, -0.15) is 0 Å². The van der Waals surface area contributed by atoms with E-state index in [-0.39, 0.29) is 28.2 Å². The fourth-order valence-corrected chi connectivity index (χ4v) is 2.75. The maximum atomic E-state index is 12.7. The molecule has 0 aliphatic carbocycles. The average molecular weight is 366 g/mol. The zero-order chi connectivity index (χ0) is 18.7. The Labute approximate surface area is 154 Å². The van der Waals surface area contributed by atoms with E-state index in [1.54, 1.807) is 24.3 Å². The molecule has 1 aromatic carbocycles. The molecule has 130 valence electrons. The van der Waals surface area contributed by atoms with Crippen molar-refractivity contribution in [3.05, 3.63) is 76.9 Å². The average Bonchev–Trinajstić information content (AvgIpc) is 2.64. The molecule has 2 amide bonds. The molecule has 2 heterocycles. The Kier molecular flexibility index (Phi) is 4.90. The molecule has 1 aliphatic heterocycles. The monoisotopic (exact) mass is 366 g/mol. The second kappa shape index (κ2) is 7.28. The molecule has 6 nitrogen and oxygen atoms in total. The third-order valence-electron chi connectivity index (χ3n) is 3.77. The van der Waals surface area contributed by atoms with E-state index in [0.29, 0.717) is 11.1 Å². The first-order valence-corrected chi connectivity index (χ1v) is 8.09. The molecular weight excluding hydrogens is 352 g/mol. The molecule has 3 rings (SSSR count). The van der Waals surface area contributed by atoms with Crippen molar-refractivity contribution in [1.82, 2.24) is 10.2 Å². The first-order valence-electron chi connectivity index (χ1n) is 7.68. The second-order valence-corrected chi connectivity index (χ2v) is 5.84. The second-order valence-electron chi connectivity index (χ2n) is 5.46. The quantitative estimate of drug-likeness (QED) is 0.388. The van der Waals surface area contributed by atoms with Crippen LogP contribution in [-0.4, -0.2) is 28.4 Å². The van der Waals surface area contributed by atoms with Crippen molar-refractivity contribution in [2.45, 2.75) is 0 Å². The number of benzene rings is 1. The van der Waals surface area contributed by atoms with E-state index in [4.69, 9.17) is 16.6 Å². The molecule has 1 saturated heterocycles. The van der Waals surface area contributed by atoms with Gasteiger partial charge in [0.05, 0.1) is 11.1 Å². The Morgan fingerprint density at radius 2 is 1.88 bits per heavy atom. The maximum Gasteiger partial charge on any atom is 0.265 e. The summed E-state index contributed by atoms with van der Waals surface area (Å²) in [5, 5.41) is 2.43. The summed E-state index contributed by atoms with van der Waals surface area (Å²) in [6.07, 6.45) is 5.24. The number of carbonyl (C=O) groups is 2. The smallest absolute Gasteiger partial charge is 0.265 e. The molecule has 7 heteroatoms. The zero-order valence-corrected chi connectivity index (χ0v) is 14.4. The van der Waals surface area contributed by atoms with Crippen LogP contribution in [0.4, 0.5) is 0 Å². The topological polar surface area (TPSA) is 79.6 Å². The van der Waals surface area contributed by atoms with Gasteiger partial charge < -0.3 is 4.42 Å². The molecule has 1 N–H and O–H groups in total. The van der Waals surface area contributed by atoms with Gasteiger partial charge in [-0.15, -0.1) is 6.58 Å². The number of amides is 2. The van der Waals surface area contributed by atoms with Crippen LogP contribution in [0, 0.1) is 0 Å². The van der Waals surface area contributed by atoms with Crippen molar-refractivity contribution in [3.63, 3.8) is 0 Å². The van der Waals surface area contributed by atoms with Crippen LogP contribution in [0.3, 0.4) is 0 Å². The summed E-state index contributed by atoms with van der Waals surface area (Å²) < 4.78 is 5.24. The van der Waals surface area contributed by atoms with E-state index < -0.39 is 11.8 Å². The molecule has 0 radical (unpaired) electrons. The fraction of sp³-hybridized carbons (Fsp3) is 0.0526. The summed E-state index contributed by atoms with van der Waals surface area (Å²) in [5.41, 5.74) is 0.561. The van der Waals surface area contributed by atoms with Crippen molar-refractivity contribution in [3.8, 4) is 11.1 Å². The molecule has 1 aliphatic rings. The minimum Gasteiger partial charge on any atom is -0.471 e. The van der Waals surface area contributed by atoms with Crippen LogP contribution in [-0.2, 0) is 9.59 Å². The predicted molar refractivity (Wildman–Crippen MR) is 101 cm³/mol. The predicted octanol–water partition coefficient (Wildman–Crippen LogP) is 2.12. The van der Waals surface area contributed by atoms with Gasteiger partial charge in [-0.25, -0.2) is 0 Å². The summed E-state index contributed by atoms with van der Waals surface area (Å²) in [6.45, 7) is 3.71. The Hall–Kier alpha value is -3.32. The summed E-state index contributed by atoms with van der Waals surface area (Å²) in [5.74, 6) is -1.26. The highest BCUT2D eigenvalue weighted by Gasteiger charge is 2.32. The van der Waals surface area contributed by atoms with Gasteiger partial charge in [0.15, 0.2) is 10.5 Å². The van der Waals surface area contributed by atoms with Gasteiger partial charge in [-0.1, -0.05) is 36.4 Å². The van der Waals surface area contributed by atoms with E-state index >= 15 is 0 Å². The zero-order valence-electron chi connectivity index (χ0n) is 13.6. The van der Waals surface area contributed by atoms with Crippen molar-refractivity contribution in [1.29, 1.82) is 0 Å². The Morgan fingerprint density at radius 1 is 1.15 bits per heavy atom. The van der Waals surface area contributed by atoms with Crippen LogP contribution in [0.15, 0.2) is 70.3 Å².